The van der Waals surface area contributed by atoms with Gasteiger partial charge in [0.05, 0.1) is 19.3 Å². The van der Waals surface area contributed by atoms with Gasteiger partial charge in [0.25, 0.3) is 11.5 Å². The monoisotopic (exact) mass is 470 g/mol. The van der Waals surface area contributed by atoms with Crippen molar-refractivity contribution in [3.8, 4) is 16.3 Å². The van der Waals surface area contributed by atoms with Gasteiger partial charge in [-0.3, -0.25) is 9.59 Å². The van der Waals surface area contributed by atoms with E-state index in [1.165, 1.54) is 21.9 Å². The van der Waals surface area contributed by atoms with Crippen LogP contribution in [0.5, 0.6) is 5.75 Å². The number of rotatable bonds is 5. The standard InChI is InChI=1S/C20H15BrN4O3S/c1-28-16-7-5-12(6-8-16)19-24-25-17(26)10-15(23-20(25)29-19)11-22-18(27)13-3-2-4-14(21)9-13/h2-10H,11H2,1H3,(H,22,27). The molecule has 0 saturated heterocycles. The number of amides is 1. The van der Waals surface area contributed by atoms with E-state index in [0.29, 0.717) is 21.2 Å². The van der Waals surface area contributed by atoms with Crippen molar-refractivity contribution in [3.63, 3.8) is 0 Å². The Hall–Kier alpha value is -3.04. The predicted octanol–water partition coefficient (Wildman–Crippen LogP) is 3.52. The summed E-state index contributed by atoms with van der Waals surface area (Å²) in [6.07, 6.45) is 0. The lowest BCUT2D eigenvalue weighted by Crippen LogP contribution is -2.25. The second kappa shape index (κ2) is 8.14. The summed E-state index contributed by atoms with van der Waals surface area (Å²) in [5.74, 6) is 0.505. The molecule has 9 heteroatoms. The van der Waals surface area contributed by atoms with Crippen LogP contribution in [0.25, 0.3) is 15.5 Å². The molecule has 0 aliphatic rings. The smallest absolute Gasteiger partial charge is 0.275 e. The molecule has 0 aliphatic carbocycles. The molecule has 4 aromatic rings. The summed E-state index contributed by atoms with van der Waals surface area (Å²) in [4.78, 5) is 29.7. The summed E-state index contributed by atoms with van der Waals surface area (Å²) in [5, 5.41) is 7.82. The topological polar surface area (TPSA) is 85.6 Å². The van der Waals surface area contributed by atoms with Gasteiger partial charge in [0.15, 0.2) is 0 Å². The second-order valence-electron chi connectivity index (χ2n) is 6.11. The van der Waals surface area contributed by atoms with Crippen molar-refractivity contribution in [2.24, 2.45) is 0 Å². The van der Waals surface area contributed by atoms with E-state index < -0.39 is 0 Å². The number of ether oxygens (including phenoxy) is 1. The number of benzene rings is 2. The number of nitrogens with zero attached hydrogens (tertiary/aromatic N) is 3. The van der Waals surface area contributed by atoms with E-state index in [1.54, 1.807) is 25.3 Å². The lowest BCUT2D eigenvalue weighted by Gasteiger charge is -2.05. The van der Waals surface area contributed by atoms with Crippen molar-refractivity contribution in [1.82, 2.24) is 19.9 Å². The van der Waals surface area contributed by atoms with Crippen LogP contribution in [0.4, 0.5) is 0 Å². The van der Waals surface area contributed by atoms with Gasteiger partial charge in [-0.2, -0.15) is 9.61 Å². The molecule has 0 radical (unpaired) electrons. The third-order valence-electron chi connectivity index (χ3n) is 4.15. The molecular weight excluding hydrogens is 456 g/mol. The number of aromatic nitrogens is 3. The van der Waals surface area contributed by atoms with Gasteiger partial charge in [0, 0.05) is 21.7 Å². The normalized spacial score (nSPS) is 10.8. The number of carbonyl (C=O) groups is 1. The van der Waals surface area contributed by atoms with Gasteiger partial charge >= 0.3 is 0 Å². The highest BCUT2D eigenvalue weighted by Gasteiger charge is 2.12. The maximum atomic E-state index is 12.4. The summed E-state index contributed by atoms with van der Waals surface area (Å²) in [5.41, 5.74) is 1.57. The Kier molecular flexibility index (Phi) is 5.41. The summed E-state index contributed by atoms with van der Waals surface area (Å²) in [7, 11) is 1.60. The number of hydrogen-bond donors (Lipinski definition) is 1. The third-order valence-corrected chi connectivity index (χ3v) is 5.60. The molecule has 1 amide bonds. The van der Waals surface area contributed by atoms with Gasteiger partial charge in [0.2, 0.25) is 4.96 Å². The average Bonchev–Trinajstić information content (AvgIpc) is 3.17. The zero-order chi connectivity index (χ0) is 20.4. The van der Waals surface area contributed by atoms with Crippen molar-refractivity contribution < 1.29 is 9.53 Å². The Morgan fingerprint density at radius 1 is 1.21 bits per heavy atom. The van der Waals surface area contributed by atoms with Crippen LogP contribution in [0.3, 0.4) is 0 Å². The fraction of sp³-hybridized carbons (Fsp3) is 0.100. The van der Waals surface area contributed by atoms with Crippen molar-refractivity contribution in [2.45, 2.75) is 6.54 Å². The van der Waals surface area contributed by atoms with Crippen molar-refractivity contribution in [2.75, 3.05) is 7.11 Å². The Morgan fingerprint density at radius 3 is 2.72 bits per heavy atom. The molecule has 0 aliphatic heterocycles. The van der Waals surface area contributed by atoms with Gasteiger partial charge in [-0.15, -0.1) is 0 Å². The first-order valence-corrected chi connectivity index (χ1v) is 10.2. The van der Waals surface area contributed by atoms with Crippen LogP contribution in [0.1, 0.15) is 16.1 Å². The fourth-order valence-corrected chi connectivity index (χ4v) is 4.03. The lowest BCUT2D eigenvalue weighted by atomic mass is 10.2. The van der Waals surface area contributed by atoms with Crippen LogP contribution < -0.4 is 15.6 Å². The third kappa shape index (κ3) is 4.20. The van der Waals surface area contributed by atoms with Gasteiger partial charge in [-0.05, 0) is 42.5 Å². The van der Waals surface area contributed by atoms with Gasteiger partial charge in [-0.25, -0.2) is 4.98 Å². The van der Waals surface area contributed by atoms with Crippen LogP contribution in [-0.4, -0.2) is 27.6 Å². The quantitative estimate of drug-likeness (QED) is 0.482. The number of halogens is 1. The first kappa shape index (κ1) is 19.3. The van der Waals surface area contributed by atoms with Crippen molar-refractivity contribution >= 4 is 38.1 Å². The molecule has 29 heavy (non-hydrogen) atoms. The maximum Gasteiger partial charge on any atom is 0.275 e. The SMILES string of the molecule is COc1ccc(-c2nn3c(=O)cc(CNC(=O)c4cccc(Br)c4)nc3s2)cc1. The van der Waals surface area contributed by atoms with Gasteiger partial charge < -0.3 is 10.1 Å². The Bertz CT molecular complexity index is 1250. The number of hydrogen-bond acceptors (Lipinski definition) is 6. The molecule has 2 aromatic carbocycles. The minimum Gasteiger partial charge on any atom is -0.497 e. The molecule has 2 heterocycles. The van der Waals surface area contributed by atoms with Crippen molar-refractivity contribution in [3.05, 3.63) is 80.7 Å². The number of methoxy groups -OCH3 is 1. The van der Waals surface area contributed by atoms with E-state index in [0.717, 1.165) is 15.8 Å². The molecule has 1 N–H and O–H groups in total. The van der Waals surface area contributed by atoms with Gasteiger partial charge in [0.1, 0.15) is 10.8 Å². The summed E-state index contributed by atoms with van der Waals surface area (Å²) < 4.78 is 7.25. The lowest BCUT2D eigenvalue weighted by molar-refractivity contribution is 0.0950. The Balaban J connectivity index is 1.56. The first-order valence-electron chi connectivity index (χ1n) is 8.61. The molecule has 0 bridgehead atoms. The van der Waals surface area contributed by atoms with E-state index >= 15 is 0 Å². The molecule has 0 spiro atoms. The zero-order valence-corrected chi connectivity index (χ0v) is 17.7. The van der Waals surface area contributed by atoms with Gasteiger partial charge in [-0.1, -0.05) is 33.3 Å². The van der Waals surface area contributed by atoms with Crippen LogP contribution in [0.15, 0.2) is 63.9 Å². The predicted molar refractivity (Wildman–Crippen MR) is 114 cm³/mol. The molecule has 4 rings (SSSR count). The fourth-order valence-electron chi connectivity index (χ4n) is 2.70. The van der Waals surface area contributed by atoms with Crippen LogP contribution >= 0.6 is 27.3 Å². The molecule has 0 atom stereocenters. The molecule has 146 valence electrons. The minimum absolute atomic E-state index is 0.146. The van der Waals surface area contributed by atoms with Crippen LogP contribution in [0, 0.1) is 0 Å². The van der Waals surface area contributed by atoms with E-state index in [9.17, 15) is 9.59 Å². The van der Waals surface area contributed by atoms with E-state index in [1.807, 2.05) is 30.3 Å². The highest BCUT2D eigenvalue weighted by molar-refractivity contribution is 9.10. The van der Waals surface area contributed by atoms with Crippen LogP contribution in [0.2, 0.25) is 0 Å². The minimum atomic E-state index is -0.294. The molecule has 0 saturated carbocycles. The highest BCUT2D eigenvalue weighted by atomic mass is 79.9. The second-order valence-corrected chi connectivity index (χ2v) is 7.98. The maximum absolute atomic E-state index is 12.4. The van der Waals surface area contributed by atoms with E-state index in [-0.39, 0.29) is 18.0 Å². The number of carbonyl (C=O) groups excluding carboxylic acids is 1. The molecule has 0 fully saturated rings. The summed E-state index contributed by atoms with van der Waals surface area (Å²) in [6.45, 7) is 0.146. The largest absolute Gasteiger partial charge is 0.497 e. The first-order chi connectivity index (χ1) is 14.0. The van der Waals surface area contributed by atoms with E-state index in [4.69, 9.17) is 4.74 Å². The zero-order valence-electron chi connectivity index (χ0n) is 15.3. The molecule has 0 unspecified atom stereocenters. The van der Waals surface area contributed by atoms with E-state index in [2.05, 4.69) is 31.3 Å². The number of nitrogens with one attached hydrogen (secondary N) is 1. The Labute approximate surface area is 178 Å². The summed E-state index contributed by atoms with van der Waals surface area (Å²) >= 11 is 4.65. The summed E-state index contributed by atoms with van der Waals surface area (Å²) in [6, 6.07) is 15.9. The Morgan fingerprint density at radius 2 is 2.00 bits per heavy atom. The highest BCUT2D eigenvalue weighted by Crippen LogP contribution is 2.26. The number of fused-ring (bicyclic) bond motifs is 1. The van der Waals surface area contributed by atoms with Crippen molar-refractivity contribution in [1.29, 1.82) is 0 Å². The molecule has 2 aromatic heterocycles. The molecule has 7 nitrogen and oxygen atoms in total. The van der Waals surface area contributed by atoms with Crippen LogP contribution in [-0.2, 0) is 6.54 Å². The average molecular weight is 471 g/mol. The molecular formula is C20H15BrN4O3S.